The van der Waals surface area contributed by atoms with Crippen molar-refractivity contribution in [3.63, 3.8) is 0 Å². The van der Waals surface area contributed by atoms with Gasteiger partial charge in [-0.3, -0.25) is 19.9 Å². The lowest BCUT2D eigenvalue weighted by molar-refractivity contribution is -0.123. The van der Waals surface area contributed by atoms with E-state index in [0.717, 1.165) is 0 Å². The lowest BCUT2D eigenvalue weighted by atomic mass is 9.95. The fourth-order valence-electron chi connectivity index (χ4n) is 4.20. The van der Waals surface area contributed by atoms with Crippen LogP contribution < -0.4 is 5.32 Å². The summed E-state index contributed by atoms with van der Waals surface area (Å²) in [5.41, 5.74) is 2.52. The molecule has 0 aliphatic rings. The minimum Gasteiger partial charge on any atom is -0.336 e. The van der Waals surface area contributed by atoms with Crippen LogP contribution in [-0.2, 0) is 4.79 Å². The molecular formula is C28H22F2N8O. The highest BCUT2D eigenvalue weighted by molar-refractivity contribution is 5.97. The SMILES string of the molecule is CC(C)(C)C(=O)Nc1cncc(-c2cnc3[nH]nc(-c4nc5c(-c6ccccc6F)nccc5[nH]4)c3c2F)c1. The largest absolute Gasteiger partial charge is 0.336 e. The number of rotatable bonds is 4. The van der Waals surface area contributed by atoms with Gasteiger partial charge in [-0.1, -0.05) is 32.9 Å². The van der Waals surface area contributed by atoms with Crippen molar-refractivity contribution < 1.29 is 13.6 Å². The van der Waals surface area contributed by atoms with E-state index >= 15 is 4.39 Å². The zero-order valence-electron chi connectivity index (χ0n) is 21.2. The highest BCUT2D eigenvalue weighted by Gasteiger charge is 2.23. The zero-order valence-corrected chi connectivity index (χ0v) is 21.2. The number of hydrogen-bond donors (Lipinski definition) is 3. The van der Waals surface area contributed by atoms with Gasteiger partial charge in [-0.2, -0.15) is 5.10 Å². The second-order valence-corrected chi connectivity index (χ2v) is 10.1. The van der Waals surface area contributed by atoms with Crippen LogP contribution in [0.2, 0.25) is 0 Å². The van der Waals surface area contributed by atoms with Crippen molar-refractivity contribution in [2.75, 3.05) is 5.32 Å². The molecule has 5 aromatic heterocycles. The highest BCUT2D eigenvalue weighted by atomic mass is 19.1. The van der Waals surface area contributed by atoms with E-state index in [0.29, 0.717) is 33.5 Å². The highest BCUT2D eigenvalue weighted by Crippen LogP contribution is 2.35. The van der Waals surface area contributed by atoms with Crippen molar-refractivity contribution in [3.05, 3.63) is 72.8 Å². The Balaban J connectivity index is 1.45. The lowest BCUT2D eigenvalue weighted by Crippen LogP contribution is -2.27. The van der Waals surface area contributed by atoms with Gasteiger partial charge in [0.1, 0.15) is 28.5 Å². The number of nitrogens with one attached hydrogen (secondary N) is 3. The van der Waals surface area contributed by atoms with E-state index in [9.17, 15) is 9.18 Å². The Bertz CT molecular complexity index is 1890. The van der Waals surface area contributed by atoms with Crippen LogP contribution in [0.3, 0.4) is 0 Å². The molecule has 0 saturated carbocycles. The number of aromatic amines is 2. The monoisotopic (exact) mass is 524 g/mol. The standard InChI is InChI=1S/C28H22F2N8O/c1-28(2,3)27(39)34-15-10-14(11-31-12-15)17-13-33-25-20(21(17)30)24(37-38-25)26-35-19-8-9-32-22(23(19)36-26)16-6-4-5-7-18(16)29/h4-13H,1-3H3,(H,34,39)(H,35,36)(H,33,37,38). The molecule has 0 radical (unpaired) electrons. The molecule has 0 saturated heterocycles. The quantitative estimate of drug-likeness (QED) is 0.264. The topological polar surface area (TPSA) is 125 Å². The summed E-state index contributed by atoms with van der Waals surface area (Å²) in [4.78, 5) is 33.0. The molecule has 0 aliphatic carbocycles. The second kappa shape index (κ2) is 9.05. The van der Waals surface area contributed by atoms with E-state index in [-0.39, 0.29) is 34.0 Å². The summed E-state index contributed by atoms with van der Waals surface area (Å²) in [6.45, 7) is 5.39. The molecule has 9 nitrogen and oxygen atoms in total. The number of amides is 1. The summed E-state index contributed by atoms with van der Waals surface area (Å²) in [5, 5.41) is 9.95. The molecule has 0 atom stereocenters. The first-order chi connectivity index (χ1) is 18.7. The van der Waals surface area contributed by atoms with Crippen LogP contribution >= 0.6 is 0 Å². The first-order valence-corrected chi connectivity index (χ1v) is 12.1. The molecule has 0 bridgehead atoms. The Morgan fingerprint density at radius 1 is 0.974 bits per heavy atom. The number of aromatic nitrogens is 7. The number of halogens is 2. The minimum atomic E-state index is -0.609. The number of imidazole rings is 1. The first kappa shape index (κ1) is 24.3. The van der Waals surface area contributed by atoms with Gasteiger partial charge in [0.05, 0.1) is 22.8 Å². The van der Waals surface area contributed by atoms with Gasteiger partial charge in [-0.25, -0.2) is 18.7 Å². The van der Waals surface area contributed by atoms with Crippen molar-refractivity contribution in [3.8, 4) is 33.9 Å². The number of fused-ring (bicyclic) bond motifs is 2. The van der Waals surface area contributed by atoms with Gasteiger partial charge in [-0.15, -0.1) is 0 Å². The molecule has 194 valence electrons. The second-order valence-electron chi connectivity index (χ2n) is 10.1. The van der Waals surface area contributed by atoms with E-state index in [2.05, 4.69) is 40.4 Å². The molecule has 11 heteroatoms. The van der Waals surface area contributed by atoms with E-state index < -0.39 is 17.0 Å². The Morgan fingerprint density at radius 2 is 1.79 bits per heavy atom. The van der Waals surface area contributed by atoms with Gasteiger partial charge < -0.3 is 10.3 Å². The van der Waals surface area contributed by atoms with Gasteiger partial charge >= 0.3 is 0 Å². The van der Waals surface area contributed by atoms with Gasteiger partial charge in [0.2, 0.25) is 5.91 Å². The number of anilines is 1. The van der Waals surface area contributed by atoms with Crippen molar-refractivity contribution in [1.82, 2.24) is 35.1 Å². The molecule has 0 spiro atoms. The van der Waals surface area contributed by atoms with E-state index in [1.807, 2.05) is 0 Å². The predicted molar refractivity (Wildman–Crippen MR) is 143 cm³/mol. The molecule has 0 aliphatic heterocycles. The number of benzene rings is 1. The first-order valence-electron chi connectivity index (χ1n) is 12.1. The number of nitrogens with zero attached hydrogens (tertiary/aromatic N) is 5. The summed E-state index contributed by atoms with van der Waals surface area (Å²) in [6, 6.07) is 9.63. The molecule has 3 N–H and O–H groups in total. The van der Waals surface area contributed by atoms with Gasteiger partial charge in [0, 0.05) is 40.7 Å². The molecular weight excluding hydrogens is 502 g/mol. The van der Waals surface area contributed by atoms with Gasteiger partial charge in [0.25, 0.3) is 0 Å². The predicted octanol–water partition coefficient (Wildman–Crippen LogP) is 5.89. The van der Waals surface area contributed by atoms with Crippen LogP contribution in [0.15, 0.2) is 61.2 Å². The number of hydrogen-bond acceptors (Lipinski definition) is 6. The lowest BCUT2D eigenvalue weighted by Gasteiger charge is -2.17. The Kier molecular flexibility index (Phi) is 5.63. The fraction of sp³-hybridized carbons (Fsp3) is 0.143. The average Bonchev–Trinajstić information content (AvgIpc) is 3.53. The summed E-state index contributed by atoms with van der Waals surface area (Å²) >= 11 is 0. The molecule has 39 heavy (non-hydrogen) atoms. The maximum absolute atomic E-state index is 16.1. The van der Waals surface area contributed by atoms with Crippen molar-refractivity contribution >= 4 is 33.7 Å². The Labute approximate surface area is 220 Å². The van der Waals surface area contributed by atoms with Crippen LogP contribution in [0.5, 0.6) is 0 Å². The van der Waals surface area contributed by atoms with Crippen LogP contribution in [0.4, 0.5) is 14.5 Å². The Morgan fingerprint density at radius 3 is 2.59 bits per heavy atom. The summed E-state index contributed by atoms with van der Waals surface area (Å²) in [5.74, 6) is -0.940. The molecule has 6 aromatic rings. The molecule has 6 rings (SSSR count). The molecule has 0 fully saturated rings. The third kappa shape index (κ3) is 4.27. The van der Waals surface area contributed by atoms with Gasteiger partial charge in [0.15, 0.2) is 11.5 Å². The molecule has 1 aromatic carbocycles. The smallest absolute Gasteiger partial charge is 0.229 e. The van der Waals surface area contributed by atoms with Crippen LogP contribution in [0.1, 0.15) is 20.8 Å². The summed E-state index contributed by atoms with van der Waals surface area (Å²) in [6.07, 6.45) is 5.92. The number of H-pyrrole nitrogens is 2. The maximum atomic E-state index is 16.1. The molecule has 0 unspecified atom stereocenters. The minimum absolute atomic E-state index is 0.121. The van der Waals surface area contributed by atoms with Crippen molar-refractivity contribution in [2.24, 2.45) is 5.41 Å². The van der Waals surface area contributed by atoms with E-state index in [1.165, 1.54) is 24.7 Å². The third-order valence-electron chi connectivity index (χ3n) is 6.27. The van der Waals surface area contributed by atoms with E-state index in [1.54, 1.807) is 57.3 Å². The molecule has 5 heterocycles. The third-order valence-corrected chi connectivity index (χ3v) is 6.27. The number of carbonyl (C=O) groups is 1. The van der Waals surface area contributed by atoms with Crippen molar-refractivity contribution in [1.29, 1.82) is 0 Å². The van der Waals surface area contributed by atoms with Crippen LogP contribution in [0, 0.1) is 17.0 Å². The molecule has 1 amide bonds. The van der Waals surface area contributed by atoms with Crippen LogP contribution in [-0.4, -0.2) is 41.0 Å². The summed E-state index contributed by atoms with van der Waals surface area (Å²) in [7, 11) is 0. The fourth-order valence-corrected chi connectivity index (χ4v) is 4.20. The average molecular weight is 525 g/mol. The van der Waals surface area contributed by atoms with E-state index in [4.69, 9.17) is 0 Å². The zero-order chi connectivity index (χ0) is 27.3. The number of pyridine rings is 3. The van der Waals surface area contributed by atoms with Crippen LogP contribution in [0.25, 0.3) is 56.0 Å². The summed E-state index contributed by atoms with van der Waals surface area (Å²) < 4.78 is 30.6. The normalized spacial score (nSPS) is 11.8. The maximum Gasteiger partial charge on any atom is 0.229 e. The number of carbonyl (C=O) groups excluding carboxylic acids is 1. The van der Waals surface area contributed by atoms with Gasteiger partial charge in [-0.05, 0) is 24.3 Å². The Hall–Kier alpha value is -5.06. The van der Waals surface area contributed by atoms with Crippen molar-refractivity contribution in [2.45, 2.75) is 20.8 Å².